The normalized spacial score (nSPS) is 16.2. The fraction of sp³-hybridized carbons (Fsp3) is 0.333. The molecular weight excluding hydrogens is 312 g/mol. The Morgan fingerprint density at radius 3 is 2.24 bits per heavy atom. The number of nitrogens with one attached hydrogen (secondary N) is 1. The zero-order valence-electron chi connectivity index (χ0n) is 14.3. The Kier molecular flexibility index (Phi) is 5.17. The predicted octanol–water partition coefficient (Wildman–Crippen LogP) is 4.02. The van der Waals surface area contributed by atoms with Crippen molar-refractivity contribution in [1.29, 1.82) is 0 Å². The van der Waals surface area contributed by atoms with Gasteiger partial charge in [0.1, 0.15) is 0 Å². The maximum Gasteiger partial charge on any atom is 0.250 e. The predicted molar refractivity (Wildman–Crippen MR) is 99.4 cm³/mol. The summed E-state index contributed by atoms with van der Waals surface area (Å²) in [4.78, 5) is 24.3. The molecule has 0 saturated heterocycles. The van der Waals surface area contributed by atoms with Gasteiger partial charge in [0.05, 0.1) is 11.3 Å². The summed E-state index contributed by atoms with van der Waals surface area (Å²) < 4.78 is 0. The molecule has 0 aromatic heterocycles. The number of nitrogens with two attached hydrogens (primary N) is 1. The number of carbonyl (C=O) groups excluding carboxylic acids is 2. The minimum Gasteiger partial charge on any atom is -0.366 e. The van der Waals surface area contributed by atoms with Crippen LogP contribution in [0.25, 0.3) is 0 Å². The van der Waals surface area contributed by atoms with Gasteiger partial charge in [0.25, 0.3) is 5.91 Å². The third-order valence-corrected chi connectivity index (χ3v) is 5.16. The van der Waals surface area contributed by atoms with E-state index in [9.17, 15) is 9.59 Å². The summed E-state index contributed by atoms with van der Waals surface area (Å²) in [7, 11) is 0. The van der Waals surface area contributed by atoms with E-state index in [-0.39, 0.29) is 11.3 Å². The summed E-state index contributed by atoms with van der Waals surface area (Å²) >= 11 is 0. The Morgan fingerprint density at radius 2 is 1.56 bits per heavy atom. The highest BCUT2D eigenvalue weighted by molar-refractivity contribution is 6.03. The minimum absolute atomic E-state index is 0.0700. The van der Waals surface area contributed by atoms with Crippen molar-refractivity contribution in [3.05, 3.63) is 65.7 Å². The van der Waals surface area contributed by atoms with Crippen LogP contribution in [0.15, 0.2) is 54.6 Å². The van der Waals surface area contributed by atoms with Crippen LogP contribution in [0.1, 0.15) is 54.4 Å². The summed E-state index contributed by atoms with van der Waals surface area (Å²) in [5, 5.41) is 2.89. The second kappa shape index (κ2) is 7.51. The smallest absolute Gasteiger partial charge is 0.250 e. The number of carbonyl (C=O) groups is 2. The van der Waals surface area contributed by atoms with Crippen molar-refractivity contribution in [1.82, 2.24) is 0 Å². The highest BCUT2D eigenvalue weighted by atomic mass is 16.2. The molecule has 0 atom stereocenters. The summed E-state index contributed by atoms with van der Waals surface area (Å²) in [6.07, 6.45) is 5.95. The molecule has 130 valence electrons. The first-order chi connectivity index (χ1) is 12.1. The monoisotopic (exact) mass is 336 g/mol. The molecule has 1 saturated carbocycles. The van der Waals surface area contributed by atoms with E-state index in [1.54, 1.807) is 24.3 Å². The Hall–Kier alpha value is -2.62. The van der Waals surface area contributed by atoms with Gasteiger partial charge in [0.15, 0.2) is 0 Å². The van der Waals surface area contributed by atoms with E-state index >= 15 is 0 Å². The lowest BCUT2D eigenvalue weighted by molar-refractivity contribution is -0.117. The number of amides is 2. The molecule has 0 heterocycles. The van der Waals surface area contributed by atoms with Crippen LogP contribution in [-0.2, 0) is 10.2 Å². The molecule has 2 aromatic carbocycles. The third kappa shape index (κ3) is 3.90. The number of rotatable bonds is 5. The molecule has 0 unspecified atom stereocenters. The van der Waals surface area contributed by atoms with Crippen molar-refractivity contribution in [2.24, 2.45) is 5.73 Å². The molecule has 25 heavy (non-hydrogen) atoms. The van der Waals surface area contributed by atoms with Gasteiger partial charge >= 0.3 is 0 Å². The quantitative estimate of drug-likeness (QED) is 0.865. The van der Waals surface area contributed by atoms with Crippen LogP contribution in [0.2, 0.25) is 0 Å². The number of anilines is 1. The van der Waals surface area contributed by atoms with Crippen molar-refractivity contribution in [3.8, 4) is 0 Å². The Bertz CT molecular complexity index is 750. The number of para-hydroxylation sites is 1. The van der Waals surface area contributed by atoms with Crippen LogP contribution >= 0.6 is 0 Å². The molecule has 3 N–H and O–H groups in total. The second-order valence-corrected chi connectivity index (χ2v) is 6.84. The first-order valence-corrected chi connectivity index (χ1v) is 8.85. The van der Waals surface area contributed by atoms with E-state index < -0.39 is 5.91 Å². The van der Waals surface area contributed by atoms with Gasteiger partial charge in [-0.25, -0.2) is 0 Å². The molecule has 2 aromatic rings. The number of benzene rings is 2. The van der Waals surface area contributed by atoms with Crippen molar-refractivity contribution in [2.75, 3.05) is 5.32 Å². The average molecular weight is 336 g/mol. The maximum atomic E-state index is 12.8. The molecule has 1 aliphatic rings. The maximum absolute atomic E-state index is 12.8. The van der Waals surface area contributed by atoms with E-state index in [0.29, 0.717) is 17.7 Å². The minimum atomic E-state index is -0.536. The Labute approximate surface area is 148 Å². The van der Waals surface area contributed by atoms with Gasteiger partial charge in [-0.3, -0.25) is 9.59 Å². The first-order valence-electron chi connectivity index (χ1n) is 8.85. The largest absolute Gasteiger partial charge is 0.366 e. The van der Waals surface area contributed by atoms with Gasteiger partial charge in [-0.15, -0.1) is 0 Å². The van der Waals surface area contributed by atoms with E-state index in [4.69, 9.17) is 5.73 Å². The van der Waals surface area contributed by atoms with Crippen molar-refractivity contribution < 1.29 is 9.59 Å². The summed E-state index contributed by atoms with van der Waals surface area (Å²) in [5.74, 6) is -0.606. The number of hydrogen-bond donors (Lipinski definition) is 2. The van der Waals surface area contributed by atoms with Crippen molar-refractivity contribution in [2.45, 2.75) is 43.9 Å². The SMILES string of the molecule is NC(=O)c1ccccc1NC(=O)CC1(c2ccccc2)CCCCC1. The zero-order chi connectivity index (χ0) is 17.7. The van der Waals surface area contributed by atoms with Gasteiger partial charge < -0.3 is 11.1 Å². The molecule has 0 bridgehead atoms. The van der Waals surface area contributed by atoms with Gasteiger partial charge in [-0.05, 0) is 30.5 Å². The molecule has 1 aliphatic carbocycles. The lowest BCUT2D eigenvalue weighted by atomic mass is 9.67. The standard InChI is InChI=1S/C21H24N2O2/c22-20(25)17-11-5-6-12-18(17)23-19(24)15-21(13-7-2-8-14-21)16-9-3-1-4-10-16/h1,3-6,9-12H,2,7-8,13-15H2,(H2,22,25)(H,23,24). The van der Waals surface area contributed by atoms with Gasteiger partial charge in [0.2, 0.25) is 5.91 Å². The van der Waals surface area contributed by atoms with Crippen LogP contribution in [0.4, 0.5) is 5.69 Å². The van der Waals surface area contributed by atoms with E-state index in [1.807, 2.05) is 18.2 Å². The lowest BCUT2D eigenvalue weighted by Gasteiger charge is -2.37. The van der Waals surface area contributed by atoms with Crippen LogP contribution in [0.3, 0.4) is 0 Å². The molecule has 3 rings (SSSR count). The molecule has 0 radical (unpaired) electrons. The highest BCUT2D eigenvalue weighted by Crippen LogP contribution is 2.42. The topological polar surface area (TPSA) is 72.2 Å². The molecular formula is C21H24N2O2. The fourth-order valence-corrected chi connectivity index (χ4v) is 3.90. The van der Waals surface area contributed by atoms with Gasteiger partial charge in [-0.1, -0.05) is 61.7 Å². The number of hydrogen-bond acceptors (Lipinski definition) is 2. The lowest BCUT2D eigenvalue weighted by Crippen LogP contribution is -2.34. The van der Waals surface area contributed by atoms with Crippen LogP contribution in [-0.4, -0.2) is 11.8 Å². The Morgan fingerprint density at radius 1 is 0.920 bits per heavy atom. The highest BCUT2D eigenvalue weighted by Gasteiger charge is 2.36. The molecule has 1 fully saturated rings. The molecule has 0 aliphatic heterocycles. The zero-order valence-corrected chi connectivity index (χ0v) is 14.3. The van der Waals surface area contributed by atoms with E-state index in [2.05, 4.69) is 17.4 Å². The Balaban J connectivity index is 1.81. The van der Waals surface area contributed by atoms with Crippen LogP contribution < -0.4 is 11.1 Å². The fourth-order valence-electron chi connectivity index (χ4n) is 3.90. The summed E-state index contributed by atoms with van der Waals surface area (Å²) in [6, 6.07) is 17.2. The van der Waals surface area contributed by atoms with Crippen molar-refractivity contribution in [3.63, 3.8) is 0 Å². The second-order valence-electron chi connectivity index (χ2n) is 6.84. The van der Waals surface area contributed by atoms with E-state index in [1.165, 1.54) is 12.0 Å². The third-order valence-electron chi connectivity index (χ3n) is 5.16. The molecule has 4 heteroatoms. The van der Waals surface area contributed by atoms with Crippen molar-refractivity contribution >= 4 is 17.5 Å². The van der Waals surface area contributed by atoms with Crippen LogP contribution in [0.5, 0.6) is 0 Å². The van der Waals surface area contributed by atoms with Crippen LogP contribution in [0, 0.1) is 0 Å². The average Bonchev–Trinajstić information content (AvgIpc) is 2.63. The van der Waals surface area contributed by atoms with Gasteiger partial charge in [-0.2, -0.15) is 0 Å². The molecule has 4 nitrogen and oxygen atoms in total. The molecule has 0 spiro atoms. The number of primary amides is 1. The summed E-state index contributed by atoms with van der Waals surface area (Å²) in [5.41, 5.74) is 7.34. The first kappa shape index (κ1) is 17.2. The molecule has 2 amide bonds. The van der Waals surface area contributed by atoms with E-state index in [0.717, 1.165) is 25.7 Å². The summed E-state index contributed by atoms with van der Waals surface area (Å²) in [6.45, 7) is 0. The van der Waals surface area contributed by atoms with Gasteiger partial charge in [0, 0.05) is 11.8 Å².